The van der Waals surface area contributed by atoms with E-state index in [2.05, 4.69) is 25.2 Å². The maximum absolute atomic E-state index is 10.2. The smallest absolute Gasteiger partial charge is 0.122 e. The van der Waals surface area contributed by atoms with Gasteiger partial charge >= 0.3 is 0 Å². The van der Waals surface area contributed by atoms with E-state index >= 15 is 0 Å². The Hall–Kier alpha value is -1.55. The fourth-order valence-electron chi connectivity index (χ4n) is 2.54. The molecule has 0 radical (unpaired) electrons. The summed E-state index contributed by atoms with van der Waals surface area (Å²) in [6.45, 7) is 7.03. The van der Waals surface area contributed by atoms with E-state index in [0.717, 1.165) is 21.9 Å². The Bertz CT molecular complexity index is 645. The van der Waals surface area contributed by atoms with E-state index in [4.69, 9.17) is 16.3 Å². The Kier molecular flexibility index (Phi) is 7.10. The van der Waals surface area contributed by atoms with Gasteiger partial charge in [-0.3, -0.25) is 0 Å². The van der Waals surface area contributed by atoms with E-state index in [9.17, 15) is 5.11 Å². The van der Waals surface area contributed by atoms with Crippen molar-refractivity contribution in [2.45, 2.75) is 38.8 Å². The lowest BCUT2D eigenvalue weighted by Gasteiger charge is -2.19. The summed E-state index contributed by atoms with van der Waals surface area (Å²) >= 11 is 6.01. The van der Waals surface area contributed by atoms with Crippen LogP contribution in [-0.2, 0) is 0 Å². The zero-order chi connectivity index (χ0) is 17.5. The molecule has 0 aliphatic carbocycles. The van der Waals surface area contributed by atoms with Crippen molar-refractivity contribution in [2.24, 2.45) is 0 Å². The summed E-state index contributed by atoms with van der Waals surface area (Å²) in [5.41, 5.74) is 2.26. The van der Waals surface area contributed by atoms with Crippen LogP contribution in [0.5, 0.6) is 5.75 Å². The van der Waals surface area contributed by atoms with Crippen molar-refractivity contribution in [3.8, 4) is 5.75 Å². The molecule has 0 spiro atoms. The predicted octanol–water partition coefficient (Wildman–Crippen LogP) is 4.55. The predicted molar refractivity (Wildman–Crippen MR) is 99.9 cm³/mol. The molecular formula is C20H26ClNO2. The SMILES string of the molecule is CC(C)c1ccccc1OCC(O)CNC(C)c1cccc(Cl)c1. The highest BCUT2D eigenvalue weighted by Gasteiger charge is 2.12. The zero-order valence-electron chi connectivity index (χ0n) is 14.5. The number of nitrogens with one attached hydrogen (secondary N) is 1. The average molecular weight is 348 g/mol. The minimum Gasteiger partial charge on any atom is -0.491 e. The van der Waals surface area contributed by atoms with Crippen molar-refractivity contribution < 1.29 is 9.84 Å². The summed E-state index contributed by atoms with van der Waals surface area (Å²) in [6.07, 6.45) is -0.577. The average Bonchev–Trinajstić information content (AvgIpc) is 2.58. The molecule has 2 aromatic carbocycles. The maximum atomic E-state index is 10.2. The van der Waals surface area contributed by atoms with E-state index in [1.165, 1.54) is 0 Å². The topological polar surface area (TPSA) is 41.5 Å². The molecule has 2 atom stereocenters. The van der Waals surface area contributed by atoms with Crippen LogP contribution < -0.4 is 10.1 Å². The lowest BCUT2D eigenvalue weighted by Crippen LogP contribution is -2.33. The molecule has 2 rings (SSSR count). The van der Waals surface area contributed by atoms with Crippen molar-refractivity contribution in [1.29, 1.82) is 0 Å². The third-order valence-electron chi connectivity index (χ3n) is 3.98. The number of aliphatic hydroxyl groups excluding tert-OH is 1. The Labute approximate surface area is 149 Å². The van der Waals surface area contributed by atoms with Gasteiger partial charge in [0.2, 0.25) is 0 Å². The van der Waals surface area contributed by atoms with E-state index in [-0.39, 0.29) is 12.6 Å². The highest BCUT2D eigenvalue weighted by atomic mass is 35.5. The quantitative estimate of drug-likeness (QED) is 0.735. The van der Waals surface area contributed by atoms with Gasteiger partial charge in [-0.2, -0.15) is 0 Å². The molecule has 4 heteroatoms. The number of aliphatic hydroxyl groups is 1. The minimum absolute atomic E-state index is 0.112. The van der Waals surface area contributed by atoms with Gasteiger partial charge in [0, 0.05) is 17.6 Å². The third-order valence-corrected chi connectivity index (χ3v) is 4.22. The van der Waals surface area contributed by atoms with Crippen LogP contribution in [0.4, 0.5) is 0 Å². The second kappa shape index (κ2) is 9.07. The number of para-hydroxylation sites is 1. The number of halogens is 1. The van der Waals surface area contributed by atoms with E-state index in [1.807, 2.05) is 49.4 Å². The molecule has 24 heavy (non-hydrogen) atoms. The first kappa shape index (κ1) is 18.8. The first-order valence-electron chi connectivity index (χ1n) is 8.36. The van der Waals surface area contributed by atoms with Gasteiger partial charge in [0.05, 0.1) is 0 Å². The number of hydrogen-bond donors (Lipinski definition) is 2. The molecule has 0 aliphatic heterocycles. The second-order valence-corrected chi connectivity index (χ2v) is 6.78. The van der Waals surface area contributed by atoms with Crippen LogP contribution in [0.2, 0.25) is 5.02 Å². The second-order valence-electron chi connectivity index (χ2n) is 6.34. The molecule has 130 valence electrons. The Morgan fingerprint density at radius 3 is 2.54 bits per heavy atom. The van der Waals surface area contributed by atoms with E-state index < -0.39 is 6.10 Å². The molecular weight excluding hydrogens is 322 g/mol. The molecule has 0 aliphatic rings. The summed E-state index contributed by atoms with van der Waals surface area (Å²) < 4.78 is 5.81. The number of rotatable bonds is 8. The van der Waals surface area contributed by atoms with Crippen molar-refractivity contribution in [1.82, 2.24) is 5.32 Å². The molecule has 0 saturated heterocycles. The molecule has 3 nitrogen and oxygen atoms in total. The standard InChI is InChI=1S/C20H26ClNO2/c1-14(2)19-9-4-5-10-20(19)24-13-18(23)12-22-15(3)16-7-6-8-17(21)11-16/h4-11,14-15,18,22-23H,12-13H2,1-3H3. The molecule has 2 unspecified atom stereocenters. The number of ether oxygens (including phenoxy) is 1. The van der Waals surface area contributed by atoms with Gasteiger partial charge in [-0.15, -0.1) is 0 Å². The number of benzene rings is 2. The molecule has 0 saturated carbocycles. The summed E-state index contributed by atoms with van der Waals surface area (Å²) in [5.74, 6) is 1.23. The van der Waals surface area contributed by atoms with Crippen molar-refractivity contribution >= 4 is 11.6 Å². The van der Waals surface area contributed by atoms with Crippen LogP contribution in [0.15, 0.2) is 48.5 Å². The Morgan fingerprint density at radius 1 is 1.08 bits per heavy atom. The Balaban J connectivity index is 1.82. The minimum atomic E-state index is -0.577. The fraction of sp³-hybridized carbons (Fsp3) is 0.400. The van der Waals surface area contributed by atoms with Crippen molar-refractivity contribution in [3.63, 3.8) is 0 Å². The number of hydrogen-bond acceptors (Lipinski definition) is 3. The van der Waals surface area contributed by atoms with Crippen LogP contribution in [0, 0.1) is 0 Å². The van der Waals surface area contributed by atoms with Crippen LogP contribution in [0.25, 0.3) is 0 Å². The van der Waals surface area contributed by atoms with Gasteiger partial charge in [-0.1, -0.05) is 55.8 Å². The first-order valence-corrected chi connectivity index (χ1v) is 8.73. The van der Waals surface area contributed by atoms with Gasteiger partial charge in [0.15, 0.2) is 0 Å². The van der Waals surface area contributed by atoms with Crippen LogP contribution in [0.1, 0.15) is 43.9 Å². The van der Waals surface area contributed by atoms with Gasteiger partial charge in [-0.05, 0) is 42.2 Å². The molecule has 0 amide bonds. The van der Waals surface area contributed by atoms with Gasteiger partial charge in [0.1, 0.15) is 18.5 Å². The van der Waals surface area contributed by atoms with Crippen LogP contribution in [0.3, 0.4) is 0 Å². The first-order chi connectivity index (χ1) is 11.5. The van der Waals surface area contributed by atoms with E-state index in [0.29, 0.717) is 12.5 Å². The largest absolute Gasteiger partial charge is 0.491 e. The third kappa shape index (κ3) is 5.52. The maximum Gasteiger partial charge on any atom is 0.122 e. The van der Waals surface area contributed by atoms with E-state index in [1.54, 1.807) is 0 Å². The monoisotopic (exact) mass is 347 g/mol. The molecule has 0 heterocycles. The van der Waals surface area contributed by atoms with Gasteiger partial charge < -0.3 is 15.2 Å². The van der Waals surface area contributed by atoms with Gasteiger partial charge in [-0.25, -0.2) is 0 Å². The Morgan fingerprint density at radius 2 is 1.83 bits per heavy atom. The van der Waals surface area contributed by atoms with Crippen LogP contribution >= 0.6 is 11.6 Å². The lowest BCUT2D eigenvalue weighted by molar-refractivity contribution is 0.103. The molecule has 2 N–H and O–H groups in total. The highest BCUT2D eigenvalue weighted by Crippen LogP contribution is 2.25. The normalized spacial score (nSPS) is 13.8. The van der Waals surface area contributed by atoms with Crippen molar-refractivity contribution in [3.05, 3.63) is 64.7 Å². The highest BCUT2D eigenvalue weighted by molar-refractivity contribution is 6.30. The summed E-state index contributed by atoms with van der Waals surface area (Å²) in [7, 11) is 0. The summed E-state index contributed by atoms with van der Waals surface area (Å²) in [6, 6.07) is 15.8. The fourth-order valence-corrected chi connectivity index (χ4v) is 2.74. The summed E-state index contributed by atoms with van der Waals surface area (Å²) in [5, 5.41) is 14.2. The molecule has 0 fully saturated rings. The zero-order valence-corrected chi connectivity index (χ0v) is 15.3. The van der Waals surface area contributed by atoms with Crippen molar-refractivity contribution in [2.75, 3.05) is 13.2 Å². The van der Waals surface area contributed by atoms with Crippen LogP contribution in [-0.4, -0.2) is 24.4 Å². The molecule has 2 aromatic rings. The van der Waals surface area contributed by atoms with Gasteiger partial charge in [0.25, 0.3) is 0 Å². The molecule has 0 aromatic heterocycles. The molecule has 0 bridgehead atoms. The lowest BCUT2D eigenvalue weighted by atomic mass is 10.0. The summed E-state index contributed by atoms with van der Waals surface area (Å²) in [4.78, 5) is 0.